The molecule has 0 N–H and O–H groups in total. The van der Waals surface area contributed by atoms with Crippen molar-refractivity contribution in [1.29, 1.82) is 0 Å². The fourth-order valence-electron chi connectivity index (χ4n) is 3.10. The van der Waals surface area contributed by atoms with Crippen molar-refractivity contribution in [3.05, 3.63) is 47.4 Å². The molecule has 1 aliphatic rings. The lowest BCUT2D eigenvalue weighted by atomic mass is 9.85. The smallest absolute Gasteiger partial charge is 0.290 e. The van der Waals surface area contributed by atoms with Gasteiger partial charge < -0.3 is 18.8 Å². The van der Waals surface area contributed by atoms with E-state index in [-0.39, 0.29) is 11.4 Å². The van der Waals surface area contributed by atoms with Crippen molar-refractivity contribution in [3.8, 4) is 11.5 Å². The number of carbonyl (C=O) groups is 1. The normalized spacial score (nSPS) is 15.9. The third-order valence-corrected chi connectivity index (χ3v) is 4.37. The van der Waals surface area contributed by atoms with Gasteiger partial charge in [0.2, 0.25) is 0 Å². The van der Waals surface area contributed by atoms with E-state index in [4.69, 9.17) is 13.9 Å². The van der Waals surface area contributed by atoms with Gasteiger partial charge in [0.05, 0.1) is 20.5 Å². The van der Waals surface area contributed by atoms with Crippen LogP contribution in [-0.2, 0) is 13.0 Å². The molecule has 1 aliphatic heterocycles. The number of rotatable bonds is 3. The number of nitrogens with zero attached hydrogens (tertiary/aromatic N) is 1. The largest absolute Gasteiger partial charge is 0.493 e. The SMILES string of the molecule is COc1cc2c(cc1OC)CC(C)(C)N(C(=O)c1ccco1)C2. The molecule has 0 fully saturated rings. The summed E-state index contributed by atoms with van der Waals surface area (Å²) in [7, 11) is 3.24. The van der Waals surface area contributed by atoms with Gasteiger partial charge in [-0.15, -0.1) is 0 Å². The highest BCUT2D eigenvalue weighted by molar-refractivity contribution is 5.92. The molecule has 5 nitrogen and oxygen atoms in total. The Kier molecular flexibility index (Phi) is 3.80. The maximum atomic E-state index is 12.7. The summed E-state index contributed by atoms with van der Waals surface area (Å²) in [4.78, 5) is 14.6. The van der Waals surface area contributed by atoms with Crippen LogP contribution in [0, 0.1) is 0 Å². The zero-order valence-corrected chi connectivity index (χ0v) is 13.9. The zero-order valence-electron chi connectivity index (χ0n) is 13.9. The minimum atomic E-state index is -0.309. The number of hydrogen-bond acceptors (Lipinski definition) is 4. The van der Waals surface area contributed by atoms with Gasteiger partial charge in [0.15, 0.2) is 17.3 Å². The average Bonchev–Trinajstić information content (AvgIpc) is 3.06. The van der Waals surface area contributed by atoms with Crippen LogP contribution in [0.4, 0.5) is 0 Å². The number of ether oxygens (including phenoxy) is 2. The molecule has 5 heteroatoms. The van der Waals surface area contributed by atoms with Crippen LogP contribution in [0.1, 0.15) is 35.5 Å². The number of carbonyl (C=O) groups excluding carboxylic acids is 1. The Morgan fingerprint density at radius 1 is 1.17 bits per heavy atom. The molecule has 1 aromatic heterocycles. The average molecular weight is 315 g/mol. The second kappa shape index (κ2) is 5.65. The highest BCUT2D eigenvalue weighted by Gasteiger charge is 2.37. The highest BCUT2D eigenvalue weighted by atomic mass is 16.5. The van der Waals surface area contributed by atoms with Crippen molar-refractivity contribution in [1.82, 2.24) is 4.90 Å². The van der Waals surface area contributed by atoms with Gasteiger partial charge in [0.25, 0.3) is 5.91 Å². The summed E-state index contributed by atoms with van der Waals surface area (Å²) in [6.07, 6.45) is 2.27. The molecule has 2 aromatic rings. The lowest BCUT2D eigenvalue weighted by Crippen LogP contribution is -2.51. The predicted octanol–water partition coefficient (Wildman–Crippen LogP) is 3.27. The first-order valence-corrected chi connectivity index (χ1v) is 7.55. The minimum Gasteiger partial charge on any atom is -0.493 e. The van der Waals surface area contributed by atoms with E-state index in [1.807, 2.05) is 17.0 Å². The molecule has 0 bridgehead atoms. The standard InChI is InChI=1S/C18H21NO4/c1-18(2)10-12-8-15(21-3)16(22-4)9-13(12)11-19(18)17(20)14-6-5-7-23-14/h5-9H,10-11H2,1-4H3. The quantitative estimate of drug-likeness (QED) is 0.872. The van der Waals surface area contributed by atoms with E-state index in [1.165, 1.54) is 11.8 Å². The molecule has 0 aliphatic carbocycles. The van der Waals surface area contributed by atoms with E-state index in [9.17, 15) is 4.79 Å². The Bertz CT molecular complexity index is 719. The van der Waals surface area contributed by atoms with Crippen molar-refractivity contribution in [3.63, 3.8) is 0 Å². The molecular weight excluding hydrogens is 294 g/mol. The summed E-state index contributed by atoms with van der Waals surface area (Å²) in [5.74, 6) is 1.66. The first kappa shape index (κ1) is 15.5. The van der Waals surface area contributed by atoms with Crippen LogP contribution in [0.15, 0.2) is 34.9 Å². The van der Waals surface area contributed by atoms with Crippen molar-refractivity contribution >= 4 is 5.91 Å². The molecule has 23 heavy (non-hydrogen) atoms. The zero-order chi connectivity index (χ0) is 16.6. The lowest BCUT2D eigenvalue weighted by molar-refractivity contribution is 0.0455. The number of benzene rings is 1. The molecule has 2 heterocycles. The van der Waals surface area contributed by atoms with Crippen molar-refractivity contribution in [2.24, 2.45) is 0 Å². The number of fused-ring (bicyclic) bond motifs is 1. The van der Waals surface area contributed by atoms with Crippen LogP contribution in [0.3, 0.4) is 0 Å². The topological polar surface area (TPSA) is 51.9 Å². The number of hydrogen-bond donors (Lipinski definition) is 0. The first-order chi connectivity index (χ1) is 11.0. The first-order valence-electron chi connectivity index (χ1n) is 7.55. The van der Waals surface area contributed by atoms with E-state index in [0.29, 0.717) is 23.8 Å². The van der Waals surface area contributed by atoms with Crippen LogP contribution in [0.25, 0.3) is 0 Å². The third kappa shape index (κ3) is 2.67. The predicted molar refractivity (Wildman–Crippen MR) is 85.9 cm³/mol. The van der Waals surface area contributed by atoms with Crippen LogP contribution in [0.5, 0.6) is 11.5 Å². The molecule has 0 unspecified atom stereocenters. The van der Waals surface area contributed by atoms with Gasteiger partial charge in [-0.3, -0.25) is 4.79 Å². The second-order valence-electron chi connectivity index (χ2n) is 6.33. The maximum absolute atomic E-state index is 12.7. The summed E-state index contributed by atoms with van der Waals surface area (Å²) < 4.78 is 16.0. The van der Waals surface area contributed by atoms with Gasteiger partial charge in [-0.05, 0) is 55.7 Å². The molecule has 3 rings (SSSR count). The van der Waals surface area contributed by atoms with Crippen LogP contribution >= 0.6 is 0 Å². The Morgan fingerprint density at radius 2 is 1.83 bits per heavy atom. The second-order valence-corrected chi connectivity index (χ2v) is 6.33. The summed E-state index contributed by atoms with van der Waals surface area (Å²) in [6.45, 7) is 4.64. The van der Waals surface area contributed by atoms with Gasteiger partial charge in [-0.1, -0.05) is 0 Å². The van der Waals surface area contributed by atoms with Crippen LogP contribution in [-0.4, -0.2) is 30.6 Å². The van der Waals surface area contributed by atoms with E-state index < -0.39 is 0 Å². The Balaban J connectivity index is 1.99. The molecule has 0 spiro atoms. The third-order valence-electron chi connectivity index (χ3n) is 4.37. The minimum absolute atomic E-state index is 0.0968. The summed E-state index contributed by atoms with van der Waals surface area (Å²) in [6, 6.07) is 7.38. The number of amides is 1. The van der Waals surface area contributed by atoms with Crippen LogP contribution < -0.4 is 9.47 Å². The van der Waals surface area contributed by atoms with Crippen molar-refractivity contribution in [2.45, 2.75) is 32.4 Å². The highest BCUT2D eigenvalue weighted by Crippen LogP contribution is 2.38. The summed E-state index contributed by atoms with van der Waals surface area (Å²) >= 11 is 0. The molecule has 0 radical (unpaired) electrons. The lowest BCUT2D eigenvalue weighted by Gasteiger charge is -2.43. The van der Waals surface area contributed by atoms with Gasteiger partial charge in [0, 0.05) is 12.1 Å². The van der Waals surface area contributed by atoms with E-state index in [2.05, 4.69) is 13.8 Å². The molecule has 0 atom stereocenters. The maximum Gasteiger partial charge on any atom is 0.290 e. The molecule has 0 saturated heterocycles. The molecule has 1 amide bonds. The number of methoxy groups -OCH3 is 2. The monoisotopic (exact) mass is 315 g/mol. The van der Waals surface area contributed by atoms with Gasteiger partial charge in [0.1, 0.15) is 0 Å². The fourth-order valence-corrected chi connectivity index (χ4v) is 3.10. The van der Waals surface area contributed by atoms with E-state index >= 15 is 0 Å². The Labute approximate surface area is 135 Å². The van der Waals surface area contributed by atoms with E-state index in [1.54, 1.807) is 26.4 Å². The van der Waals surface area contributed by atoms with Gasteiger partial charge in [-0.2, -0.15) is 0 Å². The fraction of sp³-hybridized carbons (Fsp3) is 0.389. The van der Waals surface area contributed by atoms with Crippen molar-refractivity contribution in [2.75, 3.05) is 14.2 Å². The molecule has 0 saturated carbocycles. The van der Waals surface area contributed by atoms with Crippen molar-refractivity contribution < 1.29 is 18.7 Å². The van der Waals surface area contributed by atoms with E-state index in [0.717, 1.165) is 12.0 Å². The summed E-state index contributed by atoms with van der Waals surface area (Å²) in [5.41, 5.74) is 1.94. The van der Waals surface area contributed by atoms with Gasteiger partial charge in [-0.25, -0.2) is 0 Å². The Morgan fingerprint density at radius 3 is 2.39 bits per heavy atom. The summed E-state index contributed by atoms with van der Waals surface area (Å²) in [5, 5.41) is 0. The van der Waals surface area contributed by atoms with Crippen LogP contribution in [0.2, 0.25) is 0 Å². The van der Waals surface area contributed by atoms with Gasteiger partial charge >= 0.3 is 0 Å². The Hall–Kier alpha value is -2.43. The molecular formula is C18H21NO4. The molecule has 1 aromatic carbocycles. The number of furan rings is 1. The molecule has 122 valence electrons.